The van der Waals surface area contributed by atoms with E-state index in [0.29, 0.717) is 25.7 Å². The van der Waals surface area contributed by atoms with Crippen LogP contribution in [0.25, 0.3) is 0 Å². The third-order valence-corrected chi connectivity index (χ3v) is 9.98. The fourth-order valence-electron chi connectivity index (χ4n) is 6.35. The molecule has 0 saturated heterocycles. The monoisotopic (exact) mass is 840 g/mol. The molecule has 8 nitrogen and oxygen atoms in total. The minimum absolute atomic E-state index is 0. The molecule has 0 amide bonds. The molecular weight excluding hydrogens is 744 g/mol. The number of hydrogen-bond acceptors (Lipinski definition) is 4. The second-order valence-electron chi connectivity index (χ2n) is 15.9. The van der Waals surface area contributed by atoms with E-state index in [1.54, 1.807) is 0 Å². The van der Waals surface area contributed by atoms with Crippen LogP contribution in [0, 0.1) is 0 Å². The number of carbonyl (C=O) groups is 4. The fourth-order valence-corrected chi connectivity index (χ4v) is 6.35. The molecule has 0 rings (SSSR count). The van der Waals surface area contributed by atoms with Crippen molar-refractivity contribution in [2.75, 3.05) is 0 Å². The predicted octanol–water partition coefficient (Wildman–Crippen LogP) is 15.6. The van der Waals surface area contributed by atoms with Gasteiger partial charge in [-0.1, -0.05) is 233 Å². The normalized spacial score (nSPS) is 10.2. The van der Waals surface area contributed by atoms with Gasteiger partial charge in [0.25, 0.3) is 0 Å². The van der Waals surface area contributed by atoms with E-state index in [2.05, 4.69) is 27.7 Å². The van der Waals surface area contributed by atoms with Gasteiger partial charge in [-0.3, -0.25) is 19.2 Å². The number of carboxylic acids is 4. The Kier molecular flexibility index (Phi) is 71.6. The Morgan fingerprint density at radius 3 is 0.439 bits per heavy atom. The van der Waals surface area contributed by atoms with Gasteiger partial charge < -0.3 is 20.4 Å². The van der Waals surface area contributed by atoms with Crippen molar-refractivity contribution in [2.45, 2.75) is 285 Å². The number of hydrogen-bond donors (Lipinski definition) is 4. The Balaban J connectivity index is -0.000000210. The molecule has 0 fully saturated rings. The van der Waals surface area contributed by atoms with E-state index >= 15 is 0 Å². The molecule has 9 heteroatoms. The van der Waals surface area contributed by atoms with E-state index in [9.17, 15) is 19.2 Å². The fraction of sp³-hybridized carbons (Fsp3) is 0.917. The summed E-state index contributed by atoms with van der Waals surface area (Å²) in [6.07, 6.45) is 45.9. The Bertz CT molecular complexity index is 664. The average molecular weight is 840 g/mol. The van der Waals surface area contributed by atoms with Crippen LogP contribution in [0.4, 0.5) is 0 Å². The van der Waals surface area contributed by atoms with Gasteiger partial charge in [-0.25, -0.2) is 0 Å². The first kappa shape index (κ1) is 65.6. The van der Waals surface area contributed by atoms with E-state index in [0.717, 1.165) is 51.4 Å². The maximum atomic E-state index is 10.2. The summed E-state index contributed by atoms with van der Waals surface area (Å²) in [5.74, 6) is -2.64. The minimum atomic E-state index is -0.659. The molecule has 337 valence electrons. The molecule has 0 spiro atoms. The third kappa shape index (κ3) is 84.0. The van der Waals surface area contributed by atoms with Crippen molar-refractivity contribution in [1.82, 2.24) is 0 Å². The van der Waals surface area contributed by atoms with Gasteiger partial charge in [0.2, 0.25) is 0 Å². The molecule has 1 radical (unpaired) electrons. The molecule has 0 heterocycles. The summed E-state index contributed by atoms with van der Waals surface area (Å²) >= 11 is 0. The summed E-state index contributed by atoms with van der Waals surface area (Å²) in [6.45, 7) is 8.91. The first-order chi connectivity index (χ1) is 27.1. The standard InChI is InChI=1S/4C12H24O2.K/c4*1-2-3-4-5-6-7-8-9-10-11-12(13)14;/h4*2-11H2,1H3,(H,13,14);. The largest absolute Gasteiger partial charge is 0.481 e. The molecule has 0 unspecified atom stereocenters. The predicted molar refractivity (Wildman–Crippen MR) is 244 cm³/mol. The summed E-state index contributed by atoms with van der Waals surface area (Å²) in [6, 6.07) is 0. The van der Waals surface area contributed by atoms with Gasteiger partial charge in [-0.2, -0.15) is 0 Å². The SMILES string of the molecule is CCCCCCCCCCCC(=O)O.CCCCCCCCCCCC(=O)O.CCCCCCCCCCCC(=O)O.CCCCCCCCCCCC(=O)O.[K]. The molecule has 0 saturated carbocycles. The molecule has 0 aromatic heterocycles. The summed E-state index contributed by atoms with van der Waals surface area (Å²) < 4.78 is 0. The van der Waals surface area contributed by atoms with Crippen molar-refractivity contribution in [1.29, 1.82) is 0 Å². The quantitative estimate of drug-likeness (QED) is 0.0352. The van der Waals surface area contributed by atoms with Crippen LogP contribution in [-0.4, -0.2) is 95.7 Å². The zero-order valence-electron chi connectivity index (χ0n) is 38.7. The van der Waals surface area contributed by atoms with Crippen molar-refractivity contribution in [3.05, 3.63) is 0 Å². The van der Waals surface area contributed by atoms with Crippen molar-refractivity contribution in [2.24, 2.45) is 0 Å². The smallest absolute Gasteiger partial charge is 0.303 e. The number of rotatable bonds is 40. The van der Waals surface area contributed by atoms with Crippen LogP contribution in [0.5, 0.6) is 0 Å². The summed E-state index contributed by atoms with van der Waals surface area (Å²) in [7, 11) is 0. The molecule has 0 bridgehead atoms. The van der Waals surface area contributed by atoms with E-state index in [1.165, 1.54) is 180 Å². The molecule has 0 atom stereocenters. The topological polar surface area (TPSA) is 149 Å². The van der Waals surface area contributed by atoms with E-state index in [1.807, 2.05) is 0 Å². The molecule has 0 aliphatic heterocycles. The minimum Gasteiger partial charge on any atom is -0.481 e. The third-order valence-electron chi connectivity index (χ3n) is 9.98. The Morgan fingerprint density at radius 2 is 0.333 bits per heavy atom. The Labute approximate surface area is 396 Å². The van der Waals surface area contributed by atoms with Gasteiger partial charge >= 0.3 is 23.9 Å². The molecule has 0 aromatic carbocycles. The molecular formula is C48H96KO8. The van der Waals surface area contributed by atoms with Crippen LogP contribution < -0.4 is 0 Å². The van der Waals surface area contributed by atoms with Crippen LogP contribution in [0.3, 0.4) is 0 Å². The summed E-state index contributed by atoms with van der Waals surface area (Å²) in [4.78, 5) is 40.8. The van der Waals surface area contributed by atoms with Gasteiger partial charge in [-0.05, 0) is 25.7 Å². The zero-order valence-corrected chi connectivity index (χ0v) is 41.8. The van der Waals surface area contributed by atoms with Crippen LogP contribution in [-0.2, 0) is 19.2 Å². The van der Waals surface area contributed by atoms with E-state index in [-0.39, 0.29) is 51.4 Å². The van der Waals surface area contributed by atoms with E-state index in [4.69, 9.17) is 20.4 Å². The van der Waals surface area contributed by atoms with Gasteiger partial charge in [0, 0.05) is 77.1 Å². The first-order valence-electron chi connectivity index (χ1n) is 24.0. The number of unbranched alkanes of at least 4 members (excludes halogenated alkanes) is 32. The first-order valence-corrected chi connectivity index (χ1v) is 24.0. The van der Waals surface area contributed by atoms with Gasteiger partial charge in [0.15, 0.2) is 0 Å². The number of carboxylic acid groups (broad SMARTS) is 4. The van der Waals surface area contributed by atoms with Crippen LogP contribution >= 0.6 is 0 Å². The van der Waals surface area contributed by atoms with Gasteiger partial charge in [-0.15, -0.1) is 0 Å². The van der Waals surface area contributed by atoms with Crippen molar-refractivity contribution >= 4 is 75.3 Å². The summed E-state index contributed by atoms with van der Waals surface area (Å²) in [5.41, 5.74) is 0. The molecule has 0 aliphatic carbocycles. The van der Waals surface area contributed by atoms with Crippen LogP contribution in [0.15, 0.2) is 0 Å². The zero-order chi connectivity index (χ0) is 42.6. The van der Waals surface area contributed by atoms with Crippen molar-refractivity contribution < 1.29 is 39.6 Å². The van der Waals surface area contributed by atoms with Gasteiger partial charge in [0.1, 0.15) is 0 Å². The van der Waals surface area contributed by atoms with Gasteiger partial charge in [0.05, 0.1) is 0 Å². The van der Waals surface area contributed by atoms with Crippen LogP contribution in [0.1, 0.15) is 285 Å². The second kappa shape index (κ2) is 62.2. The molecule has 0 aromatic rings. The average Bonchev–Trinajstić information content (AvgIpc) is 3.15. The molecule has 57 heavy (non-hydrogen) atoms. The second-order valence-corrected chi connectivity index (χ2v) is 15.9. The van der Waals surface area contributed by atoms with Crippen LogP contribution in [0.2, 0.25) is 0 Å². The van der Waals surface area contributed by atoms with Crippen molar-refractivity contribution in [3.63, 3.8) is 0 Å². The molecule has 4 N–H and O–H groups in total. The summed E-state index contributed by atoms with van der Waals surface area (Å²) in [5, 5.41) is 33.7. The number of aliphatic carboxylic acids is 4. The Morgan fingerprint density at radius 1 is 0.228 bits per heavy atom. The maximum Gasteiger partial charge on any atom is 0.303 e. The van der Waals surface area contributed by atoms with Crippen molar-refractivity contribution in [3.8, 4) is 0 Å². The van der Waals surface area contributed by atoms with E-state index < -0.39 is 23.9 Å². The Hall–Kier alpha value is -0.484. The molecule has 0 aliphatic rings. The maximum absolute atomic E-state index is 10.2.